The fourth-order valence-electron chi connectivity index (χ4n) is 2.88. The molecule has 0 radical (unpaired) electrons. The summed E-state index contributed by atoms with van der Waals surface area (Å²) in [5, 5.41) is 0. The van der Waals surface area contributed by atoms with Gasteiger partial charge in [-0.25, -0.2) is 0 Å². The minimum Gasteiger partial charge on any atom is -0.359 e. The van der Waals surface area contributed by atoms with Crippen molar-refractivity contribution < 1.29 is 4.79 Å². The first-order valence-corrected chi connectivity index (χ1v) is 6.55. The molecule has 0 aliphatic heterocycles. The van der Waals surface area contributed by atoms with Gasteiger partial charge < -0.3 is 4.98 Å². The first-order chi connectivity index (χ1) is 8.18. The van der Waals surface area contributed by atoms with Gasteiger partial charge in [0.2, 0.25) is 0 Å². The van der Waals surface area contributed by atoms with Gasteiger partial charge in [-0.1, -0.05) is 19.8 Å². The lowest BCUT2D eigenvalue weighted by Crippen LogP contribution is -2.41. The molecule has 1 heterocycles. The Morgan fingerprint density at radius 2 is 2.24 bits per heavy atom. The standard InChI is InChI=1S/C14H22N2O/c1-11-6-3-4-8-13(11)16(2)10-14(17)12-7-5-9-15-12/h5,7,9,11,13,15H,3-4,6,8,10H2,1-2H3. The molecule has 2 atom stereocenters. The van der Waals surface area contributed by atoms with Crippen molar-refractivity contribution in [2.75, 3.05) is 13.6 Å². The highest BCUT2D eigenvalue weighted by atomic mass is 16.1. The van der Waals surface area contributed by atoms with Crippen LogP contribution in [-0.4, -0.2) is 35.3 Å². The van der Waals surface area contributed by atoms with Gasteiger partial charge in [0.25, 0.3) is 0 Å². The van der Waals surface area contributed by atoms with Gasteiger partial charge in [-0.3, -0.25) is 9.69 Å². The van der Waals surface area contributed by atoms with Gasteiger partial charge in [-0.15, -0.1) is 0 Å². The fourth-order valence-corrected chi connectivity index (χ4v) is 2.88. The monoisotopic (exact) mass is 234 g/mol. The molecule has 0 bridgehead atoms. The summed E-state index contributed by atoms with van der Waals surface area (Å²) in [5.41, 5.74) is 0.723. The number of Topliss-reactive ketones (excluding diaryl/α,β-unsaturated/α-hetero) is 1. The van der Waals surface area contributed by atoms with Crippen molar-refractivity contribution in [2.24, 2.45) is 5.92 Å². The van der Waals surface area contributed by atoms with E-state index in [1.165, 1.54) is 25.7 Å². The molecule has 94 valence electrons. The molecule has 0 spiro atoms. The molecule has 1 N–H and O–H groups in total. The summed E-state index contributed by atoms with van der Waals surface area (Å²) in [6.45, 7) is 2.83. The smallest absolute Gasteiger partial charge is 0.192 e. The van der Waals surface area contributed by atoms with Crippen LogP contribution < -0.4 is 0 Å². The predicted molar refractivity (Wildman–Crippen MR) is 69.2 cm³/mol. The first-order valence-electron chi connectivity index (χ1n) is 6.55. The maximum Gasteiger partial charge on any atom is 0.192 e. The molecule has 1 aromatic rings. The predicted octanol–water partition coefficient (Wildman–Crippen LogP) is 2.71. The summed E-state index contributed by atoms with van der Waals surface area (Å²) < 4.78 is 0. The molecule has 0 saturated heterocycles. The maximum absolute atomic E-state index is 12.0. The van der Waals surface area contributed by atoms with Gasteiger partial charge in [0, 0.05) is 12.2 Å². The average Bonchev–Trinajstić information content (AvgIpc) is 2.82. The van der Waals surface area contributed by atoms with E-state index in [1.54, 1.807) is 6.20 Å². The number of carbonyl (C=O) groups is 1. The van der Waals surface area contributed by atoms with Crippen LogP contribution in [0.1, 0.15) is 43.1 Å². The number of ketones is 1. The maximum atomic E-state index is 12.0. The number of hydrogen-bond donors (Lipinski definition) is 1. The van der Waals surface area contributed by atoms with Crippen molar-refractivity contribution in [2.45, 2.75) is 38.6 Å². The largest absolute Gasteiger partial charge is 0.359 e. The number of nitrogens with one attached hydrogen (secondary N) is 1. The number of nitrogens with zero attached hydrogens (tertiary/aromatic N) is 1. The van der Waals surface area contributed by atoms with Crippen LogP contribution in [0.4, 0.5) is 0 Å². The van der Waals surface area contributed by atoms with Crippen molar-refractivity contribution >= 4 is 5.78 Å². The van der Waals surface area contributed by atoms with Crippen molar-refractivity contribution in [1.29, 1.82) is 0 Å². The molecular weight excluding hydrogens is 212 g/mol. The summed E-state index contributed by atoms with van der Waals surface area (Å²) in [5.74, 6) is 0.903. The Kier molecular flexibility index (Phi) is 4.00. The number of hydrogen-bond acceptors (Lipinski definition) is 2. The Bertz CT molecular complexity index is 358. The third-order valence-corrected chi connectivity index (χ3v) is 3.92. The van der Waals surface area contributed by atoms with E-state index in [0.717, 1.165) is 5.69 Å². The molecule has 17 heavy (non-hydrogen) atoms. The van der Waals surface area contributed by atoms with Gasteiger partial charge >= 0.3 is 0 Å². The minimum absolute atomic E-state index is 0.190. The molecule has 1 aliphatic rings. The molecule has 3 nitrogen and oxygen atoms in total. The number of aromatic amines is 1. The van der Waals surface area contributed by atoms with E-state index in [4.69, 9.17) is 0 Å². The van der Waals surface area contributed by atoms with E-state index in [2.05, 4.69) is 23.9 Å². The summed E-state index contributed by atoms with van der Waals surface area (Å²) in [7, 11) is 2.08. The van der Waals surface area contributed by atoms with Gasteiger partial charge in [0.1, 0.15) is 0 Å². The molecule has 1 saturated carbocycles. The van der Waals surface area contributed by atoms with Gasteiger partial charge in [0.05, 0.1) is 12.2 Å². The van der Waals surface area contributed by atoms with Crippen LogP contribution in [0.15, 0.2) is 18.3 Å². The molecule has 0 aromatic carbocycles. The second-order valence-electron chi connectivity index (χ2n) is 5.25. The molecular formula is C14H22N2O. The van der Waals surface area contributed by atoms with Crippen LogP contribution in [-0.2, 0) is 0 Å². The van der Waals surface area contributed by atoms with Gasteiger partial charge in [-0.05, 0) is 37.9 Å². The summed E-state index contributed by atoms with van der Waals surface area (Å²) in [6, 6.07) is 4.29. The van der Waals surface area contributed by atoms with Crippen LogP contribution in [0.25, 0.3) is 0 Å². The van der Waals surface area contributed by atoms with E-state index in [-0.39, 0.29) is 5.78 Å². The Labute approximate surface area is 103 Å². The highest BCUT2D eigenvalue weighted by Gasteiger charge is 2.26. The minimum atomic E-state index is 0.190. The Morgan fingerprint density at radius 1 is 1.47 bits per heavy atom. The zero-order valence-electron chi connectivity index (χ0n) is 10.8. The van der Waals surface area contributed by atoms with Gasteiger partial charge in [-0.2, -0.15) is 0 Å². The quantitative estimate of drug-likeness (QED) is 0.813. The lowest BCUT2D eigenvalue weighted by molar-refractivity contribution is 0.0847. The number of H-pyrrole nitrogens is 1. The molecule has 1 aromatic heterocycles. The second kappa shape index (κ2) is 5.50. The van der Waals surface area contributed by atoms with Crippen LogP contribution in [0.5, 0.6) is 0 Å². The third kappa shape index (κ3) is 2.97. The number of aromatic nitrogens is 1. The highest BCUT2D eigenvalue weighted by Crippen LogP contribution is 2.27. The van der Waals surface area contributed by atoms with Crippen LogP contribution >= 0.6 is 0 Å². The van der Waals surface area contributed by atoms with E-state index in [0.29, 0.717) is 18.5 Å². The van der Waals surface area contributed by atoms with E-state index < -0.39 is 0 Å². The van der Waals surface area contributed by atoms with Crippen molar-refractivity contribution in [1.82, 2.24) is 9.88 Å². The SMILES string of the molecule is CC1CCCCC1N(C)CC(=O)c1ccc[nH]1. The molecule has 1 fully saturated rings. The molecule has 3 heteroatoms. The highest BCUT2D eigenvalue weighted by molar-refractivity contribution is 5.95. The average molecular weight is 234 g/mol. The third-order valence-electron chi connectivity index (χ3n) is 3.92. The van der Waals surface area contributed by atoms with Crippen molar-refractivity contribution in [3.63, 3.8) is 0 Å². The van der Waals surface area contributed by atoms with E-state index in [1.807, 2.05) is 12.1 Å². The van der Waals surface area contributed by atoms with Crippen molar-refractivity contribution in [3.05, 3.63) is 24.0 Å². The number of rotatable bonds is 4. The Balaban J connectivity index is 1.92. The summed E-state index contributed by atoms with van der Waals surface area (Å²) in [6.07, 6.45) is 6.98. The summed E-state index contributed by atoms with van der Waals surface area (Å²) in [4.78, 5) is 17.2. The topological polar surface area (TPSA) is 36.1 Å². The Hall–Kier alpha value is -1.09. The number of carbonyl (C=O) groups excluding carboxylic acids is 1. The zero-order chi connectivity index (χ0) is 12.3. The number of likely N-dealkylation sites (N-methyl/N-ethyl adjacent to an activating group) is 1. The molecule has 1 aliphatic carbocycles. The van der Waals surface area contributed by atoms with Crippen LogP contribution in [0.2, 0.25) is 0 Å². The van der Waals surface area contributed by atoms with E-state index >= 15 is 0 Å². The van der Waals surface area contributed by atoms with Crippen LogP contribution in [0.3, 0.4) is 0 Å². The molecule has 2 rings (SSSR count). The summed E-state index contributed by atoms with van der Waals surface area (Å²) >= 11 is 0. The lowest BCUT2D eigenvalue weighted by Gasteiger charge is -2.35. The molecule has 2 unspecified atom stereocenters. The normalized spacial score (nSPS) is 25.1. The first kappa shape index (κ1) is 12.4. The second-order valence-corrected chi connectivity index (χ2v) is 5.25. The van der Waals surface area contributed by atoms with E-state index in [9.17, 15) is 4.79 Å². The van der Waals surface area contributed by atoms with Crippen LogP contribution in [0, 0.1) is 5.92 Å². The fraction of sp³-hybridized carbons (Fsp3) is 0.643. The zero-order valence-corrected chi connectivity index (χ0v) is 10.8. The Morgan fingerprint density at radius 3 is 2.88 bits per heavy atom. The van der Waals surface area contributed by atoms with Gasteiger partial charge in [0.15, 0.2) is 5.78 Å². The molecule has 0 amide bonds. The lowest BCUT2D eigenvalue weighted by atomic mass is 9.85. The van der Waals surface area contributed by atoms with Crippen molar-refractivity contribution in [3.8, 4) is 0 Å².